The highest BCUT2D eigenvalue weighted by Crippen LogP contribution is 2.20. The minimum atomic E-state index is -0.502. The number of nitriles is 1. The minimum Gasteiger partial charge on any atom is -0.258 e. The third-order valence-corrected chi connectivity index (χ3v) is 1.57. The highest BCUT2D eigenvalue weighted by atomic mass is 16.6. The van der Waals surface area contributed by atoms with Gasteiger partial charge in [-0.25, -0.2) is 0 Å². The highest BCUT2D eigenvalue weighted by Gasteiger charge is 2.10. The summed E-state index contributed by atoms with van der Waals surface area (Å²) in [6, 6.07) is 6.04. The normalized spacial score (nSPS) is 8.85. The molecule has 0 unspecified atom stereocenters. The lowest BCUT2D eigenvalue weighted by Crippen LogP contribution is -1.91. The number of hydrogen-bond donors (Lipinski definition) is 0. The Bertz CT molecular complexity index is 405. The quantitative estimate of drug-likeness (QED) is 0.509. The summed E-state index contributed by atoms with van der Waals surface area (Å²) >= 11 is 0. The molecule has 13 heavy (non-hydrogen) atoms. The van der Waals surface area contributed by atoms with E-state index in [1.165, 1.54) is 24.3 Å². The Labute approximate surface area is 74.9 Å². The molecule has 4 nitrogen and oxygen atoms in total. The number of hydrogen-bond acceptors (Lipinski definition) is 3. The molecule has 0 saturated heterocycles. The van der Waals surface area contributed by atoms with Gasteiger partial charge in [-0.1, -0.05) is 12.7 Å². The molecule has 0 atom stereocenters. The van der Waals surface area contributed by atoms with Crippen LogP contribution in [0, 0.1) is 21.4 Å². The van der Waals surface area contributed by atoms with Crippen LogP contribution in [0.3, 0.4) is 0 Å². The molecule has 0 fully saturated rings. The minimum absolute atomic E-state index is 0.0333. The summed E-state index contributed by atoms with van der Waals surface area (Å²) < 4.78 is 0. The number of benzene rings is 1. The summed E-state index contributed by atoms with van der Waals surface area (Å²) in [7, 11) is 0. The van der Waals surface area contributed by atoms with Crippen molar-refractivity contribution in [2.24, 2.45) is 0 Å². The van der Waals surface area contributed by atoms with E-state index < -0.39 is 4.92 Å². The predicted molar refractivity (Wildman–Crippen MR) is 47.9 cm³/mol. The average Bonchev–Trinajstić information content (AvgIpc) is 2.16. The molecule has 0 aliphatic heterocycles. The largest absolute Gasteiger partial charge is 0.276 e. The molecule has 1 aromatic carbocycles. The first-order chi connectivity index (χ1) is 6.19. The fourth-order valence-corrected chi connectivity index (χ4v) is 0.954. The van der Waals surface area contributed by atoms with Crippen LogP contribution in [-0.4, -0.2) is 4.92 Å². The monoisotopic (exact) mass is 174 g/mol. The van der Waals surface area contributed by atoms with Gasteiger partial charge in [-0.2, -0.15) is 5.26 Å². The van der Waals surface area contributed by atoms with Crippen molar-refractivity contribution in [2.45, 2.75) is 0 Å². The maximum atomic E-state index is 10.5. The highest BCUT2D eigenvalue weighted by molar-refractivity contribution is 5.61. The van der Waals surface area contributed by atoms with Crippen LogP contribution in [0.1, 0.15) is 11.1 Å². The van der Waals surface area contributed by atoms with E-state index >= 15 is 0 Å². The second kappa shape index (κ2) is 3.50. The van der Waals surface area contributed by atoms with E-state index in [0.717, 1.165) is 0 Å². The van der Waals surface area contributed by atoms with E-state index in [2.05, 4.69) is 6.58 Å². The van der Waals surface area contributed by atoms with Crippen molar-refractivity contribution < 1.29 is 4.92 Å². The van der Waals surface area contributed by atoms with Crippen LogP contribution in [-0.2, 0) is 0 Å². The van der Waals surface area contributed by atoms with E-state index in [0.29, 0.717) is 11.1 Å². The first kappa shape index (κ1) is 8.94. The van der Waals surface area contributed by atoms with Crippen molar-refractivity contribution in [3.05, 3.63) is 46.0 Å². The molecule has 0 bridgehead atoms. The molecular formula is C9H6N2O2. The van der Waals surface area contributed by atoms with E-state index in [-0.39, 0.29) is 5.69 Å². The molecule has 1 rings (SSSR count). The molecule has 0 heterocycles. The van der Waals surface area contributed by atoms with E-state index in [4.69, 9.17) is 5.26 Å². The van der Waals surface area contributed by atoms with Gasteiger partial charge in [0, 0.05) is 6.07 Å². The topological polar surface area (TPSA) is 66.9 Å². The van der Waals surface area contributed by atoms with E-state index in [1.807, 2.05) is 6.07 Å². The predicted octanol–water partition coefficient (Wildman–Crippen LogP) is 2.11. The van der Waals surface area contributed by atoms with Crippen LogP contribution >= 0.6 is 0 Å². The zero-order valence-corrected chi connectivity index (χ0v) is 6.73. The molecule has 4 heteroatoms. The SMILES string of the molecule is C=Cc1cc(C#N)ccc1[N+](=O)[O-]. The molecule has 1 aromatic rings. The first-order valence-electron chi connectivity index (χ1n) is 3.50. The second-order valence-corrected chi connectivity index (χ2v) is 2.35. The van der Waals surface area contributed by atoms with Gasteiger partial charge in [-0.05, 0) is 12.1 Å². The maximum absolute atomic E-state index is 10.5. The molecule has 0 N–H and O–H groups in total. The standard InChI is InChI=1S/C9H6N2O2/c1-2-8-5-7(6-10)3-4-9(8)11(12)13/h2-5H,1H2. The van der Waals surface area contributed by atoms with Crippen molar-refractivity contribution in [2.75, 3.05) is 0 Å². The van der Waals surface area contributed by atoms with Gasteiger partial charge in [0.15, 0.2) is 0 Å². The van der Waals surface area contributed by atoms with Gasteiger partial charge in [0.05, 0.1) is 22.1 Å². The Balaban J connectivity index is 3.33. The zero-order chi connectivity index (χ0) is 9.84. The molecular weight excluding hydrogens is 168 g/mol. The molecule has 0 spiro atoms. The molecule has 0 aliphatic carbocycles. The van der Waals surface area contributed by atoms with Crippen molar-refractivity contribution in [3.8, 4) is 6.07 Å². The van der Waals surface area contributed by atoms with Crippen LogP contribution < -0.4 is 0 Å². The third kappa shape index (κ3) is 1.71. The molecule has 0 radical (unpaired) electrons. The summed E-state index contributed by atoms with van der Waals surface area (Å²) in [6.07, 6.45) is 1.36. The summed E-state index contributed by atoms with van der Waals surface area (Å²) in [5, 5.41) is 19.0. The fraction of sp³-hybridized carbons (Fsp3) is 0. The molecule has 0 amide bonds. The summed E-state index contributed by atoms with van der Waals surface area (Å²) in [5.74, 6) is 0. The Kier molecular flexibility index (Phi) is 2.41. The van der Waals surface area contributed by atoms with Crippen molar-refractivity contribution in [1.29, 1.82) is 5.26 Å². The first-order valence-corrected chi connectivity index (χ1v) is 3.50. The van der Waals surface area contributed by atoms with Crippen LogP contribution in [0.25, 0.3) is 6.08 Å². The average molecular weight is 174 g/mol. The number of nitrogens with zero attached hydrogens (tertiary/aromatic N) is 2. The lowest BCUT2D eigenvalue weighted by atomic mass is 10.1. The summed E-state index contributed by atoms with van der Waals surface area (Å²) in [4.78, 5) is 9.95. The van der Waals surface area contributed by atoms with Crippen LogP contribution in [0.4, 0.5) is 5.69 Å². The van der Waals surface area contributed by atoms with Crippen LogP contribution in [0.5, 0.6) is 0 Å². The lowest BCUT2D eigenvalue weighted by molar-refractivity contribution is -0.385. The van der Waals surface area contributed by atoms with Gasteiger partial charge in [0.2, 0.25) is 0 Å². The molecule has 0 aliphatic rings. The van der Waals surface area contributed by atoms with Crippen molar-refractivity contribution >= 4 is 11.8 Å². The zero-order valence-electron chi connectivity index (χ0n) is 6.73. The molecule has 0 saturated carbocycles. The Morgan fingerprint density at radius 1 is 1.62 bits per heavy atom. The van der Waals surface area contributed by atoms with Gasteiger partial charge >= 0.3 is 0 Å². The second-order valence-electron chi connectivity index (χ2n) is 2.35. The summed E-state index contributed by atoms with van der Waals surface area (Å²) in [6.45, 7) is 3.44. The smallest absolute Gasteiger partial charge is 0.258 e. The fourth-order valence-electron chi connectivity index (χ4n) is 0.954. The van der Waals surface area contributed by atoms with E-state index in [9.17, 15) is 10.1 Å². The van der Waals surface area contributed by atoms with Gasteiger partial charge < -0.3 is 0 Å². The lowest BCUT2D eigenvalue weighted by Gasteiger charge is -1.96. The van der Waals surface area contributed by atoms with Crippen molar-refractivity contribution in [1.82, 2.24) is 0 Å². The van der Waals surface area contributed by atoms with Gasteiger partial charge in [-0.15, -0.1) is 0 Å². The summed E-state index contributed by atoms with van der Waals surface area (Å²) in [5.41, 5.74) is 0.721. The van der Waals surface area contributed by atoms with Gasteiger partial charge in [0.1, 0.15) is 0 Å². The third-order valence-electron chi connectivity index (χ3n) is 1.57. The molecule has 0 aromatic heterocycles. The van der Waals surface area contributed by atoms with E-state index in [1.54, 1.807) is 0 Å². The molecule has 64 valence electrons. The Hall–Kier alpha value is -2.15. The Morgan fingerprint density at radius 3 is 2.77 bits per heavy atom. The van der Waals surface area contributed by atoms with Gasteiger partial charge in [-0.3, -0.25) is 10.1 Å². The number of nitro groups is 1. The van der Waals surface area contributed by atoms with Gasteiger partial charge in [0.25, 0.3) is 5.69 Å². The Morgan fingerprint density at radius 2 is 2.31 bits per heavy atom. The maximum Gasteiger partial charge on any atom is 0.276 e. The van der Waals surface area contributed by atoms with Crippen LogP contribution in [0.2, 0.25) is 0 Å². The van der Waals surface area contributed by atoms with Crippen LogP contribution in [0.15, 0.2) is 24.8 Å². The van der Waals surface area contributed by atoms with Crippen molar-refractivity contribution in [3.63, 3.8) is 0 Å². The number of rotatable bonds is 2. The number of nitro benzene ring substituents is 1.